The van der Waals surface area contributed by atoms with Gasteiger partial charge in [-0.3, -0.25) is 4.79 Å². The van der Waals surface area contributed by atoms with Crippen molar-refractivity contribution in [2.45, 2.75) is 13.5 Å². The van der Waals surface area contributed by atoms with Crippen LogP contribution in [0.3, 0.4) is 0 Å². The maximum atomic E-state index is 12.2. The standard InChI is InChI=1S/C10H18N6O/c1-8-9(13-14-16(8)5-2-11)10(17)15-6-3-12-4-7-15/h12H,2-7,11H2,1H3. The van der Waals surface area contributed by atoms with Gasteiger partial charge in [0.1, 0.15) is 0 Å². The molecule has 1 saturated heterocycles. The first-order valence-corrected chi connectivity index (χ1v) is 5.84. The van der Waals surface area contributed by atoms with E-state index in [9.17, 15) is 4.79 Å². The zero-order valence-corrected chi connectivity index (χ0v) is 10.0. The van der Waals surface area contributed by atoms with E-state index in [4.69, 9.17) is 5.73 Å². The summed E-state index contributed by atoms with van der Waals surface area (Å²) in [5.74, 6) is -0.0349. The third kappa shape index (κ3) is 2.45. The Morgan fingerprint density at radius 1 is 1.47 bits per heavy atom. The van der Waals surface area contributed by atoms with Crippen LogP contribution in [0.4, 0.5) is 0 Å². The minimum atomic E-state index is -0.0349. The van der Waals surface area contributed by atoms with Crippen molar-refractivity contribution in [3.05, 3.63) is 11.4 Å². The van der Waals surface area contributed by atoms with Crippen molar-refractivity contribution in [2.24, 2.45) is 5.73 Å². The Balaban J connectivity index is 2.13. The SMILES string of the molecule is Cc1c(C(=O)N2CCNCC2)nnn1CCN. The van der Waals surface area contributed by atoms with E-state index in [-0.39, 0.29) is 5.91 Å². The molecule has 0 spiro atoms. The second kappa shape index (κ2) is 5.24. The fourth-order valence-electron chi connectivity index (χ4n) is 1.91. The highest BCUT2D eigenvalue weighted by atomic mass is 16.2. The molecule has 0 saturated carbocycles. The second-order valence-corrected chi connectivity index (χ2v) is 4.08. The lowest BCUT2D eigenvalue weighted by atomic mass is 10.2. The number of amides is 1. The van der Waals surface area contributed by atoms with Crippen LogP contribution in [0.15, 0.2) is 0 Å². The second-order valence-electron chi connectivity index (χ2n) is 4.08. The lowest BCUT2D eigenvalue weighted by Gasteiger charge is -2.26. The number of rotatable bonds is 3. The molecule has 2 heterocycles. The van der Waals surface area contributed by atoms with Gasteiger partial charge in [-0.2, -0.15) is 0 Å². The van der Waals surface area contributed by atoms with Crippen molar-refractivity contribution in [1.29, 1.82) is 0 Å². The predicted molar refractivity (Wildman–Crippen MR) is 62.6 cm³/mol. The third-order valence-corrected chi connectivity index (χ3v) is 2.93. The Morgan fingerprint density at radius 2 is 2.18 bits per heavy atom. The first kappa shape index (κ1) is 12.0. The maximum Gasteiger partial charge on any atom is 0.276 e. The Kier molecular flexibility index (Phi) is 3.70. The average Bonchev–Trinajstić information content (AvgIpc) is 2.72. The molecule has 0 radical (unpaired) electrons. The molecule has 1 aromatic rings. The monoisotopic (exact) mass is 238 g/mol. The summed E-state index contributed by atoms with van der Waals surface area (Å²) in [6, 6.07) is 0. The van der Waals surface area contributed by atoms with Crippen LogP contribution < -0.4 is 11.1 Å². The largest absolute Gasteiger partial charge is 0.335 e. The molecule has 94 valence electrons. The Bertz CT molecular complexity index is 396. The van der Waals surface area contributed by atoms with Gasteiger partial charge in [-0.25, -0.2) is 4.68 Å². The summed E-state index contributed by atoms with van der Waals surface area (Å²) in [5.41, 5.74) is 6.70. The van der Waals surface area contributed by atoms with Crippen LogP contribution in [0.2, 0.25) is 0 Å². The number of hydrogen-bond donors (Lipinski definition) is 2. The molecule has 0 bridgehead atoms. The molecule has 1 aromatic heterocycles. The van der Waals surface area contributed by atoms with Crippen molar-refractivity contribution in [1.82, 2.24) is 25.2 Å². The van der Waals surface area contributed by atoms with Crippen LogP contribution >= 0.6 is 0 Å². The summed E-state index contributed by atoms with van der Waals surface area (Å²) in [7, 11) is 0. The van der Waals surface area contributed by atoms with Gasteiger partial charge in [0.2, 0.25) is 0 Å². The number of nitrogens with one attached hydrogen (secondary N) is 1. The molecule has 1 aliphatic heterocycles. The number of nitrogens with zero attached hydrogens (tertiary/aromatic N) is 4. The van der Waals surface area contributed by atoms with Gasteiger partial charge < -0.3 is 16.0 Å². The summed E-state index contributed by atoms with van der Waals surface area (Å²) in [6.07, 6.45) is 0. The minimum Gasteiger partial charge on any atom is -0.335 e. The van der Waals surface area contributed by atoms with Gasteiger partial charge in [0.15, 0.2) is 5.69 Å². The fraction of sp³-hybridized carbons (Fsp3) is 0.700. The van der Waals surface area contributed by atoms with E-state index in [1.807, 2.05) is 6.92 Å². The average molecular weight is 238 g/mol. The highest BCUT2D eigenvalue weighted by molar-refractivity contribution is 5.93. The number of carbonyl (C=O) groups is 1. The molecule has 1 fully saturated rings. The first-order valence-electron chi connectivity index (χ1n) is 5.84. The summed E-state index contributed by atoms with van der Waals surface area (Å²) in [6.45, 7) is 6.05. The molecular weight excluding hydrogens is 220 g/mol. The van der Waals surface area contributed by atoms with Gasteiger partial charge in [0.05, 0.1) is 12.2 Å². The number of nitrogens with two attached hydrogens (primary N) is 1. The van der Waals surface area contributed by atoms with Crippen LogP contribution in [-0.4, -0.2) is 58.5 Å². The van der Waals surface area contributed by atoms with E-state index in [0.717, 1.165) is 31.9 Å². The van der Waals surface area contributed by atoms with Crippen molar-refractivity contribution in [3.63, 3.8) is 0 Å². The molecule has 0 aromatic carbocycles. The van der Waals surface area contributed by atoms with E-state index in [1.54, 1.807) is 9.58 Å². The zero-order valence-electron chi connectivity index (χ0n) is 10.0. The molecule has 7 nitrogen and oxygen atoms in total. The summed E-state index contributed by atoms with van der Waals surface area (Å²) < 4.78 is 1.68. The summed E-state index contributed by atoms with van der Waals surface area (Å²) >= 11 is 0. The van der Waals surface area contributed by atoms with Gasteiger partial charge in [0, 0.05) is 32.7 Å². The molecule has 0 atom stereocenters. The van der Waals surface area contributed by atoms with Gasteiger partial charge in [-0.1, -0.05) is 5.21 Å². The molecule has 0 aliphatic carbocycles. The summed E-state index contributed by atoms with van der Waals surface area (Å²) in [5, 5.41) is 11.1. The van der Waals surface area contributed by atoms with Crippen LogP contribution in [-0.2, 0) is 6.54 Å². The topological polar surface area (TPSA) is 89.1 Å². The quantitative estimate of drug-likeness (QED) is 0.675. The van der Waals surface area contributed by atoms with E-state index in [1.165, 1.54) is 0 Å². The van der Waals surface area contributed by atoms with E-state index >= 15 is 0 Å². The summed E-state index contributed by atoms with van der Waals surface area (Å²) in [4.78, 5) is 14.0. The Morgan fingerprint density at radius 3 is 2.82 bits per heavy atom. The van der Waals surface area contributed by atoms with Gasteiger partial charge in [-0.05, 0) is 6.92 Å². The molecule has 0 unspecified atom stereocenters. The van der Waals surface area contributed by atoms with E-state index < -0.39 is 0 Å². The first-order chi connectivity index (χ1) is 8.24. The van der Waals surface area contributed by atoms with E-state index in [0.29, 0.717) is 18.8 Å². The van der Waals surface area contributed by atoms with Gasteiger partial charge in [-0.15, -0.1) is 5.10 Å². The molecule has 2 rings (SSSR count). The number of carbonyl (C=O) groups excluding carboxylic acids is 1. The zero-order chi connectivity index (χ0) is 12.3. The predicted octanol–water partition coefficient (Wildman–Crippen LogP) is -1.41. The lowest BCUT2D eigenvalue weighted by molar-refractivity contribution is 0.0729. The number of hydrogen-bond acceptors (Lipinski definition) is 5. The highest BCUT2D eigenvalue weighted by Crippen LogP contribution is 2.08. The van der Waals surface area contributed by atoms with Crippen molar-refractivity contribution in [2.75, 3.05) is 32.7 Å². The van der Waals surface area contributed by atoms with Crippen molar-refractivity contribution in [3.8, 4) is 0 Å². The van der Waals surface area contributed by atoms with Crippen LogP contribution in [0, 0.1) is 6.92 Å². The van der Waals surface area contributed by atoms with E-state index in [2.05, 4.69) is 15.6 Å². The smallest absolute Gasteiger partial charge is 0.276 e. The number of piperazine rings is 1. The van der Waals surface area contributed by atoms with Gasteiger partial charge in [0.25, 0.3) is 5.91 Å². The molecule has 1 amide bonds. The molecule has 1 aliphatic rings. The van der Waals surface area contributed by atoms with Gasteiger partial charge >= 0.3 is 0 Å². The maximum absolute atomic E-state index is 12.2. The lowest BCUT2D eigenvalue weighted by Crippen LogP contribution is -2.46. The van der Waals surface area contributed by atoms with Crippen LogP contribution in [0.25, 0.3) is 0 Å². The Hall–Kier alpha value is -1.47. The number of aromatic nitrogens is 3. The molecular formula is C10H18N6O. The van der Waals surface area contributed by atoms with Crippen molar-refractivity contribution >= 4 is 5.91 Å². The van der Waals surface area contributed by atoms with Crippen LogP contribution in [0.1, 0.15) is 16.2 Å². The Labute approximate surface area is 100.0 Å². The highest BCUT2D eigenvalue weighted by Gasteiger charge is 2.23. The fourth-order valence-corrected chi connectivity index (χ4v) is 1.91. The molecule has 3 N–H and O–H groups in total. The normalized spacial score (nSPS) is 16.2. The third-order valence-electron chi connectivity index (χ3n) is 2.93. The van der Waals surface area contributed by atoms with Crippen molar-refractivity contribution < 1.29 is 4.79 Å². The molecule has 17 heavy (non-hydrogen) atoms. The van der Waals surface area contributed by atoms with Crippen LogP contribution in [0.5, 0.6) is 0 Å². The minimum absolute atomic E-state index is 0.0349. The molecule has 7 heteroatoms.